The summed E-state index contributed by atoms with van der Waals surface area (Å²) in [6, 6.07) is 37.3. The fourth-order valence-electron chi connectivity index (χ4n) is 9.65. The van der Waals surface area contributed by atoms with Gasteiger partial charge in [-0.1, -0.05) is 99.5 Å². The molecule has 8 aromatic rings. The lowest BCUT2D eigenvalue weighted by Gasteiger charge is -2.46. The normalized spacial score (nSPS) is 13.8. The number of para-hydroxylation sites is 4. The molecule has 62 heavy (non-hydrogen) atoms. The Bertz CT molecular complexity index is 2690. The molecule has 1 N–H and O–H groups in total. The van der Waals surface area contributed by atoms with Crippen LogP contribution in [-0.2, 0) is 23.2 Å². The number of nitrogens with zero attached hydrogens (tertiary/aromatic N) is 5. The first-order valence-electron chi connectivity index (χ1n) is 21.9. The smallest absolute Gasteiger partial charge is 0.213 e. The molecule has 1 saturated heterocycles. The molecular weight excluding hydrogens is 769 g/mol. The summed E-state index contributed by atoms with van der Waals surface area (Å²) in [5.74, 6) is 2.70. The number of piperazine rings is 1. The Kier molecular flexibility index (Phi) is 11.1. The van der Waals surface area contributed by atoms with Gasteiger partial charge >= 0.3 is 0 Å². The van der Waals surface area contributed by atoms with Crippen molar-refractivity contribution in [3.63, 3.8) is 0 Å². The molecule has 9 rings (SSSR count). The fraction of sp³-hybridized carbons (Fsp3) is 0.264. The van der Waals surface area contributed by atoms with Crippen LogP contribution in [0, 0.1) is 27.7 Å². The van der Waals surface area contributed by atoms with Crippen molar-refractivity contribution < 1.29 is 14.3 Å². The Morgan fingerprint density at radius 2 is 1.05 bits per heavy atom. The topological polar surface area (TPSA) is 86.4 Å². The van der Waals surface area contributed by atoms with Crippen molar-refractivity contribution in [3.05, 3.63) is 166 Å². The van der Waals surface area contributed by atoms with E-state index >= 15 is 0 Å². The van der Waals surface area contributed by atoms with Crippen LogP contribution in [-0.4, -0.2) is 50.0 Å². The average molecular weight is 823 g/mol. The van der Waals surface area contributed by atoms with Crippen LogP contribution >= 0.6 is 0 Å². The number of hydrogen-bond donors (Lipinski definition) is 1. The highest BCUT2D eigenvalue weighted by atomic mass is 16.5. The lowest BCUT2D eigenvalue weighted by molar-refractivity contribution is -0.124. The molecule has 4 aromatic heterocycles. The van der Waals surface area contributed by atoms with Crippen LogP contribution < -0.4 is 14.8 Å². The van der Waals surface area contributed by atoms with Gasteiger partial charge in [0, 0.05) is 42.8 Å². The molecule has 1 fully saturated rings. The van der Waals surface area contributed by atoms with Crippen molar-refractivity contribution in [2.75, 3.05) is 19.6 Å². The van der Waals surface area contributed by atoms with E-state index in [9.17, 15) is 4.79 Å². The number of benzene rings is 4. The zero-order valence-electron chi connectivity index (χ0n) is 36.5. The van der Waals surface area contributed by atoms with E-state index in [1.807, 2.05) is 53.7 Å². The molecule has 0 bridgehead atoms. The highest BCUT2D eigenvalue weighted by molar-refractivity contribution is 5.96. The molecule has 0 atom stereocenters. The highest BCUT2D eigenvalue weighted by Crippen LogP contribution is 2.55. The van der Waals surface area contributed by atoms with Crippen LogP contribution in [0.4, 0.5) is 0 Å². The molecule has 9 nitrogen and oxygen atoms in total. The minimum atomic E-state index is -1.23. The van der Waals surface area contributed by atoms with Gasteiger partial charge < -0.3 is 19.7 Å². The van der Waals surface area contributed by atoms with Crippen molar-refractivity contribution in [1.29, 1.82) is 0 Å². The van der Waals surface area contributed by atoms with Gasteiger partial charge in [-0.15, -0.1) is 0 Å². The monoisotopic (exact) mass is 822 g/mol. The molecule has 5 heterocycles. The molecule has 1 aliphatic rings. The van der Waals surface area contributed by atoms with Gasteiger partial charge in [-0.05, 0) is 110 Å². The van der Waals surface area contributed by atoms with Gasteiger partial charge in [-0.2, -0.15) is 0 Å². The Hall–Kier alpha value is -6.71. The van der Waals surface area contributed by atoms with E-state index in [0.717, 1.165) is 122 Å². The molecule has 1 amide bonds. The van der Waals surface area contributed by atoms with Crippen LogP contribution in [0.25, 0.3) is 33.4 Å². The summed E-state index contributed by atoms with van der Waals surface area (Å²) >= 11 is 0. The molecule has 0 spiro atoms. The second kappa shape index (κ2) is 17.0. The Morgan fingerprint density at radius 1 is 0.613 bits per heavy atom. The highest BCUT2D eigenvalue weighted by Gasteiger charge is 2.52. The number of hydrogen-bond acceptors (Lipinski definition) is 6. The van der Waals surface area contributed by atoms with E-state index in [4.69, 9.17) is 19.4 Å². The third kappa shape index (κ3) is 6.72. The summed E-state index contributed by atoms with van der Waals surface area (Å²) in [4.78, 5) is 26.7. The number of fused-ring (bicyclic) bond motifs is 2. The summed E-state index contributed by atoms with van der Waals surface area (Å²) in [6.07, 6.45) is 8.23. The van der Waals surface area contributed by atoms with Gasteiger partial charge in [-0.3, -0.25) is 13.9 Å². The maximum Gasteiger partial charge on any atom is 0.213 e. The first kappa shape index (κ1) is 40.7. The number of pyridine rings is 2. The quantitative estimate of drug-likeness (QED) is 0.117. The Morgan fingerprint density at radius 3 is 1.45 bits per heavy atom. The zero-order chi connectivity index (χ0) is 43.0. The maximum absolute atomic E-state index is 14.3. The number of aromatic nitrogens is 4. The van der Waals surface area contributed by atoms with Crippen molar-refractivity contribution in [2.24, 2.45) is 0 Å². The van der Waals surface area contributed by atoms with Crippen molar-refractivity contribution in [3.8, 4) is 34.6 Å². The first-order valence-corrected chi connectivity index (χ1v) is 21.9. The van der Waals surface area contributed by atoms with E-state index in [-0.39, 0.29) is 0 Å². The van der Waals surface area contributed by atoms with Crippen molar-refractivity contribution >= 4 is 28.5 Å². The van der Waals surface area contributed by atoms with E-state index < -0.39 is 5.54 Å². The summed E-state index contributed by atoms with van der Waals surface area (Å²) in [5.41, 5.74) is 10.0. The minimum Gasteiger partial charge on any atom is -0.439 e. The average Bonchev–Trinajstić information content (AvgIpc) is 3.81. The van der Waals surface area contributed by atoms with Gasteiger partial charge in [0.2, 0.25) is 18.2 Å². The van der Waals surface area contributed by atoms with Crippen molar-refractivity contribution in [2.45, 2.75) is 72.8 Å². The third-order valence-electron chi connectivity index (χ3n) is 12.4. The van der Waals surface area contributed by atoms with Crippen molar-refractivity contribution in [1.82, 2.24) is 29.3 Å². The van der Waals surface area contributed by atoms with E-state index in [2.05, 4.69) is 129 Å². The van der Waals surface area contributed by atoms with Crippen LogP contribution in [0.3, 0.4) is 0 Å². The predicted octanol–water partition coefficient (Wildman–Crippen LogP) is 11.4. The Labute approximate surface area is 364 Å². The van der Waals surface area contributed by atoms with Crippen LogP contribution in [0.2, 0.25) is 0 Å². The summed E-state index contributed by atoms with van der Waals surface area (Å²) in [7, 11) is 0. The van der Waals surface area contributed by atoms with Gasteiger partial charge in [0.25, 0.3) is 0 Å². The number of nitrogens with one attached hydrogen (secondary N) is 1. The number of carbonyl (C=O) groups is 1. The second-order valence-corrected chi connectivity index (χ2v) is 16.5. The van der Waals surface area contributed by atoms with Crippen LogP contribution in [0.1, 0.15) is 71.2 Å². The molecule has 0 aliphatic carbocycles. The van der Waals surface area contributed by atoms with Gasteiger partial charge in [0.1, 0.15) is 28.3 Å². The first-order chi connectivity index (χ1) is 30.3. The summed E-state index contributed by atoms with van der Waals surface area (Å²) < 4.78 is 19.4. The van der Waals surface area contributed by atoms with Crippen LogP contribution in [0.5, 0.6) is 23.3 Å². The molecular formula is C53H54N6O3. The largest absolute Gasteiger partial charge is 0.439 e. The SMILES string of the molecule is CCCc1ccnc2c1c(C1(c3c(Oc4c(C)cccc4C)n(-c4ccccc4)c4nccc(CCC)c34)CNCCN1C=O)c(Oc1c(C)cccc1C)n2-c1ccccc1. The lowest BCUT2D eigenvalue weighted by atomic mass is 9.77. The van der Waals surface area contributed by atoms with E-state index in [0.29, 0.717) is 31.4 Å². The second-order valence-electron chi connectivity index (χ2n) is 16.5. The molecule has 0 unspecified atom stereocenters. The standard InChI is InChI=1S/C53H54N6O3/c1-7-17-39-27-29-55-49-43(39)45(51(58(49)41-23-11-9-12-24-41)61-47-35(3)19-15-20-36(47)4)53(33-54-31-32-57(53)34-60)46-44-40(18-8-2)28-30-56-50(44)59(42-25-13-10-14-26-42)52(46)62-48-37(5)21-16-22-38(48)6/h9-16,19-30,34,54H,7-8,17-18,31-33H2,1-6H3. The molecule has 9 heteroatoms. The number of amides is 1. The van der Waals surface area contributed by atoms with Gasteiger partial charge in [0.05, 0.1) is 22.5 Å². The fourth-order valence-corrected chi connectivity index (χ4v) is 9.65. The third-order valence-corrected chi connectivity index (χ3v) is 12.4. The Balaban J connectivity index is 1.55. The molecule has 0 radical (unpaired) electrons. The van der Waals surface area contributed by atoms with E-state index in [1.54, 1.807) is 0 Å². The summed E-state index contributed by atoms with van der Waals surface area (Å²) in [6.45, 7) is 14.1. The maximum atomic E-state index is 14.3. The van der Waals surface area contributed by atoms with Gasteiger partial charge in [0.15, 0.2) is 0 Å². The zero-order valence-corrected chi connectivity index (χ0v) is 36.5. The van der Waals surface area contributed by atoms with Crippen LogP contribution in [0.15, 0.2) is 122 Å². The summed E-state index contributed by atoms with van der Waals surface area (Å²) in [5, 5.41) is 5.73. The molecule has 4 aromatic carbocycles. The van der Waals surface area contributed by atoms with E-state index in [1.165, 1.54) is 0 Å². The number of rotatable bonds is 13. The number of aryl methyl sites for hydroxylation is 6. The van der Waals surface area contributed by atoms with Gasteiger partial charge in [-0.25, -0.2) is 9.97 Å². The number of carbonyl (C=O) groups excluding carboxylic acids is 1. The lowest BCUT2D eigenvalue weighted by Crippen LogP contribution is -2.59. The molecule has 1 aliphatic heterocycles. The molecule has 0 saturated carbocycles. The molecule has 314 valence electrons. The minimum absolute atomic E-state index is 0.362. The number of ether oxygens (including phenoxy) is 2. The predicted molar refractivity (Wildman–Crippen MR) is 249 cm³/mol.